The molecule has 0 radical (unpaired) electrons. The molecule has 0 fully saturated rings. The van der Waals surface area contributed by atoms with Gasteiger partial charge in [0.15, 0.2) is 0 Å². The number of aromatic nitrogens is 2. The first-order chi connectivity index (χ1) is 22.3. The van der Waals surface area contributed by atoms with Crippen LogP contribution in [0, 0.1) is 0 Å². The maximum atomic E-state index is 2.45. The zero-order valence-electron chi connectivity index (χ0n) is 24.3. The molecule has 0 N–H and O–H groups in total. The van der Waals surface area contributed by atoms with Gasteiger partial charge in [-0.15, -0.1) is 11.3 Å². The largest absolute Gasteiger partial charge is 0.309 e. The molecule has 0 aliphatic rings. The van der Waals surface area contributed by atoms with Crippen LogP contribution < -0.4 is 0 Å². The summed E-state index contributed by atoms with van der Waals surface area (Å²) >= 11 is 1.87. The summed E-state index contributed by atoms with van der Waals surface area (Å²) in [6.45, 7) is 0. The molecular formula is C42H26N2S. The van der Waals surface area contributed by atoms with E-state index in [-0.39, 0.29) is 0 Å². The molecular weight excluding hydrogens is 565 g/mol. The third-order valence-electron chi connectivity index (χ3n) is 9.29. The van der Waals surface area contributed by atoms with Crippen molar-refractivity contribution in [3.05, 3.63) is 158 Å². The zero-order valence-corrected chi connectivity index (χ0v) is 25.1. The van der Waals surface area contributed by atoms with Crippen LogP contribution in [0.2, 0.25) is 0 Å². The van der Waals surface area contributed by atoms with Crippen LogP contribution in [0.5, 0.6) is 0 Å². The Hall–Kier alpha value is -5.64. The van der Waals surface area contributed by atoms with Gasteiger partial charge >= 0.3 is 0 Å². The summed E-state index contributed by atoms with van der Waals surface area (Å²) in [7, 11) is 0. The SMILES string of the molecule is c1ccc(-n2c3ccccc3c3cc4c(cc32)c2ccccc2n4-c2cccc(-c3ccc4sc5ccccc5c4c3)c2)cc1. The van der Waals surface area contributed by atoms with Gasteiger partial charge in [0.2, 0.25) is 0 Å². The normalized spacial score (nSPS) is 12.0. The number of rotatable bonds is 3. The summed E-state index contributed by atoms with van der Waals surface area (Å²) in [5.41, 5.74) is 9.68. The number of para-hydroxylation sites is 3. The topological polar surface area (TPSA) is 9.86 Å². The Morgan fingerprint density at radius 2 is 0.867 bits per heavy atom. The summed E-state index contributed by atoms with van der Waals surface area (Å²) in [5.74, 6) is 0. The van der Waals surface area contributed by atoms with Crippen molar-refractivity contribution in [1.82, 2.24) is 9.13 Å². The number of benzene rings is 7. The lowest BCUT2D eigenvalue weighted by atomic mass is 10.0. The van der Waals surface area contributed by atoms with E-state index in [0.29, 0.717) is 0 Å². The highest BCUT2D eigenvalue weighted by Gasteiger charge is 2.18. The molecule has 3 heterocycles. The maximum Gasteiger partial charge on any atom is 0.0548 e. The number of thiophene rings is 1. The van der Waals surface area contributed by atoms with Gasteiger partial charge in [-0.2, -0.15) is 0 Å². The number of hydrogen-bond acceptors (Lipinski definition) is 1. The van der Waals surface area contributed by atoms with Crippen molar-refractivity contribution in [3.63, 3.8) is 0 Å². The second-order valence-corrected chi connectivity index (χ2v) is 12.9. The first-order valence-electron chi connectivity index (χ1n) is 15.4. The van der Waals surface area contributed by atoms with E-state index >= 15 is 0 Å². The van der Waals surface area contributed by atoms with E-state index in [0.717, 1.165) is 0 Å². The molecule has 2 nitrogen and oxygen atoms in total. The smallest absolute Gasteiger partial charge is 0.0548 e. The van der Waals surface area contributed by atoms with Crippen LogP contribution in [0.1, 0.15) is 0 Å². The van der Waals surface area contributed by atoms with Gasteiger partial charge in [0, 0.05) is 53.1 Å². The molecule has 3 aromatic heterocycles. The van der Waals surface area contributed by atoms with Crippen LogP contribution in [0.3, 0.4) is 0 Å². The molecule has 0 spiro atoms. The second kappa shape index (κ2) is 9.43. The van der Waals surface area contributed by atoms with E-state index in [4.69, 9.17) is 0 Å². The van der Waals surface area contributed by atoms with Crippen molar-refractivity contribution in [3.8, 4) is 22.5 Å². The molecule has 45 heavy (non-hydrogen) atoms. The van der Waals surface area contributed by atoms with E-state index in [1.165, 1.54) is 86.3 Å². The van der Waals surface area contributed by atoms with E-state index in [1.807, 2.05) is 11.3 Å². The summed E-state index contributed by atoms with van der Waals surface area (Å²) in [4.78, 5) is 0. The fourth-order valence-corrected chi connectivity index (χ4v) is 8.38. The summed E-state index contributed by atoms with van der Waals surface area (Å²) in [5, 5.41) is 7.70. The molecule has 0 atom stereocenters. The van der Waals surface area contributed by atoms with Crippen LogP contribution in [0.25, 0.3) is 86.3 Å². The Morgan fingerprint density at radius 3 is 1.60 bits per heavy atom. The molecule has 0 aliphatic carbocycles. The van der Waals surface area contributed by atoms with Crippen molar-refractivity contribution in [2.75, 3.05) is 0 Å². The first-order valence-corrected chi connectivity index (χ1v) is 16.2. The Labute approximate surface area is 263 Å². The van der Waals surface area contributed by atoms with Crippen LogP contribution in [0.4, 0.5) is 0 Å². The van der Waals surface area contributed by atoms with Gasteiger partial charge in [-0.1, -0.05) is 91.0 Å². The van der Waals surface area contributed by atoms with Crippen molar-refractivity contribution < 1.29 is 0 Å². The third-order valence-corrected chi connectivity index (χ3v) is 10.4. The lowest BCUT2D eigenvalue weighted by molar-refractivity contribution is 1.17. The minimum atomic E-state index is 1.17. The van der Waals surface area contributed by atoms with Crippen molar-refractivity contribution in [2.45, 2.75) is 0 Å². The van der Waals surface area contributed by atoms with Gasteiger partial charge in [0.1, 0.15) is 0 Å². The minimum absolute atomic E-state index is 1.17. The molecule has 0 aliphatic heterocycles. The number of nitrogens with zero attached hydrogens (tertiary/aromatic N) is 2. The van der Waals surface area contributed by atoms with Crippen LogP contribution >= 0.6 is 11.3 Å². The third kappa shape index (κ3) is 3.62. The van der Waals surface area contributed by atoms with Gasteiger partial charge in [-0.25, -0.2) is 0 Å². The van der Waals surface area contributed by atoms with Gasteiger partial charge < -0.3 is 9.13 Å². The minimum Gasteiger partial charge on any atom is -0.309 e. The molecule has 10 rings (SSSR count). The second-order valence-electron chi connectivity index (χ2n) is 11.8. The molecule has 0 saturated carbocycles. The van der Waals surface area contributed by atoms with E-state index in [9.17, 15) is 0 Å². The van der Waals surface area contributed by atoms with Crippen molar-refractivity contribution in [1.29, 1.82) is 0 Å². The summed E-state index contributed by atoms with van der Waals surface area (Å²) < 4.78 is 7.52. The lowest BCUT2D eigenvalue weighted by Crippen LogP contribution is -1.95. The van der Waals surface area contributed by atoms with Gasteiger partial charge in [0.05, 0.1) is 22.1 Å². The molecule has 0 bridgehead atoms. The van der Waals surface area contributed by atoms with E-state index in [2.05, 4.69) is 167 Å². The predicted molar refractivity (Wildman–Crippen MR) is 193 cm³/mol. The number of hydrogen-bond donors (Lipinski definition) is 0. The van der Waals surface area contributed by atoms with Gasteiger partial charge in [-0.05, 0) is 77.9 Å². The fraction of sp³-hybridized carbons (Fsp3) is 0. The van der Waals surface area contributed by atoms with Crippen molar-refractivity contribution in [2.24, 2.45) is 0 Å². The number of fused-ring (bicyclic) bond motifs is 9. The highest BCUT2D eigenvalue weighted by atomic mass is 32.1. The molecule has 10 aromatic rings. The van der Waals surface area contributed by atoms with Gasteiger partial charge in [0.25, 0.3) is 0 Å². The standard InChI is InChI=1S/C42H26N2S/c1-2-12-29(13-3-1)43-37-18-7-4-15-31(37)34-26-40-35(25-39(34)43)32-16-5-8-19-38(32)44(40)30-14-10-11-27(23-30)28-21-22-42-36(24-28)33-17-6-9-20-41(33)45-42/h1-26H. The fourth-order valence-electron chi connectivity index (χ4n) is 7.29. The zero-order chi connectivity index (χ0) is 29.5. The predicted octanol–water partition coefficient (Wildman–Crippen LogP) is 11.9. The van der Waals surface area contributed by atoms with Crippen LogP contribution in [0.15, 0.2) is 158 Å². The average molecular weight is 591 g/mol. The molecule has 210 valence electrons. The lowest BCUT2D eigenvalue weighted by Gasteiger charge is -2.11. The van der Waals surface area contributed by atoms with E-state index < -0.39 is 0 Å². The quantitative estimate of drug-likeness (QED) is 0.194. The highest BCUT2D eigenvalue weighted by Crippen LogP contribution is 2.41. The Balaban J connectivity index is 1.24. The Bertz CT molecular complexity index is 2760. The molecule has 3 heteroatoms. The van der Waals surface area contributed by atoms with Crippen molar-refractivity contribution >= 4 is 75.1 Å². The monoisotopic (exact) mass is 590 g/mol. The molecule has 7 aromatic carbocycles. The molecule has 0 amide bonds. The van der Waals surface area contributed by atoms with Crippen LogP contribution in [-0.2, 0) is 0 Å². The summed E-state index contributed by atoms with van der Waals surface area (Å²) in [6, 6.07) is 57.7. The highest BCUT2D eigenvalue weighted by molar-refractivity contribution is 7.25. The molecule has 0 unspecified atom stereocenters. The Kier molecular flexibility index (Phi) is 5.19. The Morgan fingerprint density at radius 1 is 0.311 bits per heavy atom. The summed E-state index contributed by atoms with van der Waals surface area (Å²) in [6.07, 6.45) is 0. The average Bonchev–Trinajstić information content (AvgIpc) is 3.75. The molecule has 0 saturated heterocycles. The van der Waals surface area contributed by atoms with E-state index in [1.54, 1.807) is 0 Å². The maximum absolute atomic E-state index is 2.45. The first kappa shape index (κ1) is 24.8. The van der Waals surface area contributed by atoms with Crippen LogP contribution in [-0.4, -0.2) is 9.13 Å². The van der Waals surface area contributed by atoms with Gasteiger partial charge in [-0.3, -0.25) is 0 Å².